The molecule has 0 heterocycles. The molecule has 22 heavy (non-hydrogen) atoms. The fourth-order valence-corrected chi connectivity index (χ4v) is 14.1. The van der Waals surface area contributed by atoms with E-state index in [1.807, 2.05) is 29.4 Å². The second-order valence-electron chi connectivity index (χ2n) is 7.44. The zero-order valence-corrected chi connectivity index (χ0v) is 17.0. The second kappa shape index (κ2) is 7.22. The van der Waals surface area contributed by atoms with Crippen molar-refractivity contribution in [3.8, 4) is 0 Å². The predicted octanol–water partition coefficient (Wildman–Crippen LogP) is 6.13. The third kappa shape index (κ3) is 3.59. The second-order valence-corrected chi connectivity index (χ2v) is 16.1. The molecule has 0 radical (unpaired) electrons. The van der Waals surface area contributed by atoms with Crippen molar-refractivity contribution in [3.63, 3.8) is 0 Å². The van der Waals surface area contributed by atoms with Gasteiger partial charge in [-0.05, 0) is 28.3 Å². The van der Waals surface area contributed by atoms with Crippen molar-refractivity contribution in [2.24, 2.45) is 0 Å². The lowest BCUT2D eigenvalue weighted by molar-refractivity contribution is 0.0597. The molecule has 0 fully saturated rings. The summed E-state index contributed by atoms with van der Waals surface area (Å²) in [4.78, 5) is 13.2. The van der Waals surface area contributed by atoms with E-state index in [2.05, 4.69) is 54.5 Å². The van der Waals surface area contributed by atoms with Gasteiger partial charge in [-0.25, -0.2) is 4.79 Å². The molecule has 0 aromatic heterocycles. The van der Waals surface area contributed by atoms with Gasteiger partial charge in [0.1, 0.15) is 7.22 Å². The Balaban J connectivity index is 3.42. The van der Waals surface area contributed by atoms with Gasteiger partial charge >= 0.3 is 5.97 Å². The Morgan fingerprint density at radius 3 is 2.00 bits per heavy atom. The van der Waals surface area contributed by atoms with Crippen molar-refractivity contribution in [2.75, 3.05) is 7.11 Å². The molecular weight excluding hydrogens is 308 g/mol. The maximum absolute atomic E-state index is 12.1. The summed E-state index contributed by atoms with van der Waals surface area (Å²) in [7, 11) is -0.326. The molecule has 1 aromatic rings. The standard InChI is InChI=1S/C18H30O2SSi/c1-13(2)22(14(3)4,18(5,6)7)21-16-12-10-9-11-15(16)17(19)20-8/h9-14H,1-8H3. The Hall–Kier alpha value is -0.743. The first-order chi connectivity index (χ1) is 10.1. The van der Waals surface area contributed by atoms with Gasteiger partial charge in [-0.1, -0.05) is 60.6 Å². The lowest BCUT2D eigenvalue weighted by Gasteiger charge is -2.48. The molecule has 0 bridgehead atoms. The zero-order chi connectivity index (χ0) is 17.1. The van der Waals surface area contributed by atoms with E-state index in [4.69, 9.17) is 4.74 Å². The molecule has 124 valence electrons. The zero-order valence-electron chi connectivity index (χ0n) is 15.2. The van der Waals surface area contributed by atoms with E-state index in [0.29, 0.717) is 16.6 Å². The van der Waals surface area contributed by atoms with Gasteiger partial charge in [0.05, 0.1) is 12.7 Å². The smallest absolute Gasteiger partial charge is 0.338 e. The predicted molar refractivity (Wildman–Crippen MR) is 99.3 cm³/mol. The van der Waals surface area contributed by atoms with Crippen molar-refractivity contribution >= 4 is 24.4 Å². The van der Waals surface area contributed by atoms with Crippen molar-refractivity contribution in [2.45, 2.75) is 69.5 Å². The third-order valence-electron chi connectivity index (χ3n) is 4.46. The summed E-state index contributed by atoms with van der Waals surface area (Å²) in [6.07, 6.45) is 0. The van der Waals surface area contributed by atoms with Crippen molar-refractivity contribution in [3.05, 3.63) is 29.8 Å². The number of carbonyl (C=O) groups is 1. The summed E-state index contributed by atoms with van der Waals surface area (Å²) in [5.74, 6) is -0.243. The van der Waals surface area contributed by atoms with Crippen molar-refractivity contribution < 1.29 is 9.53 Å². The van der Waals surface area contributed by atoms with Gasteiger partial charge in [0.15, 0.2) is 0 Å². The fourth-order valence-electron chi connectivity index (χ4n) is 3.80. The van der Waals surface area contributed by atoms with Gasteiger partial charge in [0.2, 0.25) is 0 Å². The summed E-state index contributed by atoms with van der Waals surface area (Å²) in [6.45, 7) is 16.4. The van der Waals surface area contributed by atoms with E-state index in [9.17, 15) is 4.79 Å². The summed E-state index contributed by atoms with van der Waals surface area (Å²) in [5.41, 5.74) is 1.92. The lowest BCUT2D eigenvalue weighted by atomic mass is 10.2. The molecule has 1 aromatic carbocycles. The topological polar surface area (TPSA) is 26.3 Å². The first kappa shape index (κ1) is 19.3. The Labute approximate surface area is 140 Å². The largest absolute Gasteiger partial charge is 0.465 e. The lowest BCUT2D eigenvalue weighted by Crippen LogP contribution is -2.46. The minimum atomic E-state index is -1.77. The highest BCUT2D eigenvalue weighted by atomic mass is 32.4. The van der Waals surface area contributed by atoms with Crippen LogP contribution in [0, 0.1) is 0 Å². The number of esters is 1. The van der Waals surface area contributed by atoms with E-state index < -0.39 is 7.22 Å². The summed E-state index contributed by atoms with van der Waals surface area (Å²) >= 11 is 1.97. The third-order valence-corrected chi connectivity index (χ3v) is 17.5. The molecule has 0 unspecified atom stereocenters. The number of methoxy groups -OCH3 is 1. The van der Waals surface area contributed by atoms with E-state index in [1.165, 1.54) is 7.11 Å². The molecule has 0 aliphatic rings. The molecule has 0 spiro atoms. The number of ether oxygens (including phenoxy) is 1. The number of rotatable bonds is 5. The van der Waals surface area contributed by atoms with Crippen LogP contribution in [0.15, 0.2) is 29.2 Å². The Morgan fingerprint density at radius 2 is 1.59 bits per heavy atom. The average molecular weight is 339 g/mol. The van der Waals surface area contributed by atoms with Crippen LogP contribution in [0.1, 0.15) is 58.8 Å². The van der Waals surface area contributed by atoms with Crippen LogP contribution in [0.2, 0.25) is 16.1 Å². The first-order valence-corrected chi connectivity index (χ1v) is 11.6. The summed E-state index contributed by atoms with van der Waals surface area (Å²) in [6, 6.07) is 7.85. The van der Waals surface area contributed by atoms with Crippen LogP contribution in [0.4, 0.5) is 0 Å². The number of hydrogen-bond donors (Lipinski definition) is 0. The molecular formula is C18H30O2SSi. The van der Waals surface area contributed by atoms with Crippen LogP contribution in [0.5, 0.6) is 0 Å². The Bertz CT molecular complexity index is 510. The van der Waals surface area contributed by atoms with Crippen LogP contribution in [0.25, 0.3) is 0 Å². The van der Waals surface area contributed by atoms with E-state index >= 15 is 0 Å². The van der Waals surface area contributed by atoms with Gasteiger partial charge in [-0.15, -0.1) is 11.2 Å². The molecule has 0 saturated heterocycles. The molecule has 1 rings (SSSR count). The summed E-state index contributed by atoms with van der Waals surface area (Å²) < 4.78 is 4.96. The minimum absolute atomic E-state index is 0.239. The molecule has 0 N–H and O–H groups in total. The first-order valence-electron chi connectivity index (χ1n) is 7.94. The Morgan fingerprint density at radius 1 is 1.09 bits per heavy atom. The van der Waals surface area contributed by atoms with Crippen LogP contribution in [-0.4, -0.2) is 20.3 Å². The molecule has 2 nitrogen and oxygen atoms in total. The molecule has 0 amide bonds. The normalized spacial score (nSPS) is 12.8. The van der Waals surface area contributed by atoms with E-state index in [0.717, 1.165) is 4.90 Å². The fraction of sp³-hybridized carbons (Fsp3) is 0.611. The maximum Gasteiger partial charge on any atom is 0.338 e. The SMILES string of the molecule is COC(=O)c1ccccc1S[Si](C(C)C)(C(C)C)C(C)(C)C. The van der Waals surface area contributed by atoms with Gasteiger partial charge in [-0.3, -0.25) is 0 Å². The highest BCUT2D eigenvalue weighted by molar-refractivity contribution is 8.29. The van der Waals surface area contributed by atoms with Gasteiger partial charge < -0.3 is 4.74 Å². The van der Waals surface area contributed by atoms with Crippen molar-refractivity contribution in [1.29, 1.82) is 0 Å². The van der Waals surface area contributed by atoms with Crippen LogP contribution < -0.4 is 0 Å². The minimum Gasteiger partial charge on any atom is -0.465 e. The van der Waals surface area contributed by atoms with Gasteiger partial charge in [-0.2, -0.15) is 0 Å². The van der Waals surface area contributed by atoms with Crippen LogP contribution in [-0.2, 0) is 4.74 Å². The number of carbonyl (C=O) groups excluding carboxylic acids is 1. The maximum atomic E-state index is 12.1. The number of hydrogen-bond acceptors (Lipinski definition) is 3. The monoisotopic (exact) mass is 338 g/mol. The Kier molecular flexibility index (Phi) is 6.33. The van der Waals surface area contributed by atoms with E-state index in [1.54, 1.807) is 0 Å². The highest BCUT2D eigenvalue weighted by Crippen LogP contribution is 2.58. The van der Waals surface area contributed by atoms with Gasteiger partial charge in [0, 0.05) is 4.90 Å². The highest BCUT2D eigenvalue weighted by Gasteiger charge is 2.50. The average Bonchev–Trinajstić information content (AvgIpc) is 2.42. The van der Waals surface area contributed by atoms with Crippen LogP contribution in [0.3, 0.4) is 0 Å². The summed E-state index contributed by atoms with van der Waals surface area (Å²) in [5, 5.41) is 0.239. The van der Waals surface area contributed by atoms with Gasteiger partial charge in [0.25, 0.3) is 0 Å². The van der Waals surface area contributed by atoms with Crippen LogP contribution >= 0.6 is 11.2 Å². The molecule has 0 atom stereocenters. The number of benzene rings is 1. The quantitative estimate of drug-likeness (QED) is 0.477. The molecule has 0 aliphatic carbocycles. The van der Waals surface area contributed by atoms with Crippen molar-refractivity contribution in [1.82, 2.24) is 0 Å². The molecule has 0 saturated carbocycles. The molecule has 4 heteroatoms. The molecule has 0 aliphatic heterocycles. The van der Waals surface area contributed by atoms with E-state index in [-0.39, 0.29) is 11.0 Å².